The van der Waals surface area contributed by atoms with Crippen molar-refractivity contribution < 1.29 is 4.52 Å². The molecule has 2 heterocycles. The smallest absolute Gasteiger partial charge is 0.231 e. The third-order valence-electron chi connectivity index (χ3n) is 3.15. The summed E-state index contributed by atoms with van der Waals surface area (Å²) in [6.07, 6.45) is 2.67. The zero-order valence-electron chi connectivity index (χ0n) is 10.9. The first-order valence-electron chi connectivity index (χ1n) is 6.18. The van der Waals surface area contributed by atoms with Crippen LogP contribution in [0.15, 0.2) is 28.9 Å². The molecule has 0 aliphatic carbocycles. The highest BCUT2D eigenvalue weighted by Crippen LogP contribution is 2.23. The minimum absolute atomic E-state index is 0.222. The van der Waals surface area contributed by atoms with E-state index < -0.39 is 0 Å². The second kappa shape index (κ2) is 5.73. The van der Waals surface area contributed by atoms with Crippen molar-refractivity contribution in [3.63, 3.8) is 0 Å². The molecule has 2 rings (SSSR count). The number of aromatic nitrogens is 3. The third kappa shape index (κ3) is 2.56. The topological polar surface area (TPSA) is 63.8 Å². The molecular formula is C13H18N4O. The van der Waals surface area contributed by atoms with Crippen LogP contribution in [0.2, 0.25) is 0 Å². The summed E-state index contributed by atoms with van der Waals surface area (Å²) in [5.74, 6) is 1.44. The quantitative estimate of drug-likeness (QED) is 0.876. The van der Waals surface area contributed by atoms with Crippen LogP contribution in [-0.2, 0) is 0 Å². The molecule has 0 spiro atoms. The van der Waals surface area contributed by atoms with Gasteiger partial charge in [-0.25, -0.2) is 0 Å². The molecule has 96 valence electrons. The van der Waals surface area contributed by atoms with E-state index in [9.17, 15) is 0 Å². The summed E-state index contributed by atoms with van der Waals surface area (Å²) in [4.78, 5) is 8.65. The highest BCUT2D eigenvalue weighted by atomic mass is 16.5. The van der Waals surface area contributed by atoms with Gasteiger partial charge in [0.25, 0.3) is 0 Å². The Kier molecular flexibility index (Phi) is 4.04. The molecule has 0 aliphatic rings. The summed E-state index contributed by atoms with van der Waals surface area (Å²) in [7, 11) is 1.93. The SMILES string of the molecule is CCC(c1nc(-c2ccccn2)no1)C(C)NC. The normalized spacial score (nSPS) is 14.4. The molecule has 0 aliphatic heterocycles. The average Bonchev–Trinajstić information content (AvgIpc) is 2.90. The summed E-state index contributed by atoms with van der Waals surface area (Å²) < 4.78 is 5.35. The van der Waals surface area contributed by atoms with Gasteiger partial charge in [-0.15, -0.1) is 0 Å². The lowest BCUT2D eigenvalue weighted by Gasteiger charge is -2.17. The Labute approximate surface area is 107 Å². The fourth-order valence-electron chi connectivity index (χ4n) is 1.93. The van der Waals surface area contributed by atoms with Gasteiger partial charge in [0.05, 0.1) is 5.92 Å². The van der Waals surface area contributed by atoms with E-state index in [1.165, 1.54) is 0 Å². The van der Waals surface area contributed by atoms with E-state index in [0.717, 1.165) is 12.1 Å². The molecule has 0 bridgehead atoms. The van der Waals surface area contributed by atoms with Crippen LogP contribution in [0.1, 0.15) is 32.1 Å². The van der Waals surface area contributed by atoms with Gasteiger partial charge in [0.2, 0.25) is 11.7 Å². The summed E-state index contributed by atoms with van der Waals surface area (Å²) in [5, 5.41) is 7.22. The van der Waals surface area contributed by atoms with Gasteiger partial charge in [-0.1, -0.05) is 18.1 Å². The predicted molar refractivity (Wildman–Crippen MR) is 69.1 cm³/mol. The Morgan fingerprint density at radius 3 is 2.83 bits per heavy atom. The molecule has 2 atom stereocenters. The molecule has 0 saturated carbocycles. The number of hydrogen-bond acceptors (Lipinski definition) is 5. The summed E-state index contributed by atoms with van der Waals surface area (Å²) in [6.45, 7) is 4.22. The van der Waals surface area contributed by atoms with Gasteiger partial charge in [0.1, 0.15) is 5.69 Å². The van der Waals surface area contributed by atoms with Gasteiger partial charge in [0, 0.05) is 12.2 Å². The van der Waals surface area contributed by atoms with Crippen molar-refractivity contribution in [2.24, 2.45) is 0 Å². The van der Waals surface area contributed by atoms with Crippen molar-refractivity contribution in [3.05, 3.63) is 30.3 Å². The van der Waals surface area contributed by atoms with Crippen molar-refractivity contribution in [3.8, 4) is 11.5 Å². The van der Waals surface area contributed by atoms with Crippen LogP contribution in [0.3, 0.4) is 0 Å². The zero-order chi connectivity index (χ0) is 13.0. The summed E-state index contributed by atoms with van der Waals surface area (Å²) >= 11 is 0. The lowest BCUT2D eigenvalue weighted by Crippen LogP contribution is -2.28. The Morgan fingerprint density at radius 1 is 1.39 bits per heavy atom. The van der Waals surface area contributed by atoms with Crippen LogP contribution >= 0.6 is 0 Å². The van der Waals surface area contributed by atoms with E-state index in [2.05, 4.69) is 34.3 Å². The molecule has 2 aromatic rings. The number of nitrogens with zero attached hydrogens (tertiary/aromatic N) is 3. The van der Waals surface area contributed by atoms with Crippen LogP contribution < -0.4 is 5.32 Å². The van der Waals surface area contributed by atoms with E-state index in [4.69, 9.17) is 4.52 Å². The van der Waals surface area contributed by atoms with Gasteiger partial charge < -0.3 is 9.84 Å². The van der Waals surface area contributed by atoms with Gasteiger partial charge in [-0.2, -0.15) is 4.98 Å². The van der Waals surface area contributed by atoms with Crippen LogP contribution in [0.4, 0.5) is 0 Å². The summed E-state index contributed by atoms with van der Waals surface area (Å²) in [6, 6.07) is 5.94. The zero-order valence-corrected chi connectivity index (χ0v) is 10.9. The molecule has 5 nitrogen and oxygen atoms in total. The Hall–Kier alpha value is -1.75. The fourth-order valence-corrected chi connectivity index (χ4v) is 1.93. The largest absolute Gasteiger partial charge is 0.339 e. The molecule has 2 aromatic heterocycles. The lowest BCUT2D eigenvalue weighted by molar-refractivity contribution is 0.322. The maximum absolute atomic E-state index is 5.35. The van der Waals surface area contributed by atoms with E-state index in [-0.39, 0.29) is 5.92 Å². The van der Waals surface area contributed by atoms with E-state index in [1.807, 2.05) is 25.2 Å². The molecular weight excluding hydrogens is 228 g/mol. The monoisotopic (exact) mass is 246 g/mol. The van der Waals surface area contributed by atoms with Crippen LogP contribution in [-0.4, -0.2) is 28.2 Å². The van der Waals surface area contributed by atoms with Crippen molar-refractivity contribution in [1.29, 1.82) is 0 Å². The minimum Gasteiger partial charge on any atom is -0.339 e. The molecule has 0 amide bonds. The van der Waals surface area contributed by atoms with Crippen LogP contribution in [0.25, 0.3) is 11.5 Å². The molecule has 18 heavy (non-hydrogen) atoms. The second-order valence-corrected chi connectivity index (χ2v) is 4.26. The minimum atomic E-state index is 0.222. The average molecular weight is 246 g/mol. The number of hydrogen-bond donors (Lipinski definition) is 1. The fraction of sp³-hybridized carbons (Fsp3) is 0.462. The molecule has 0 saturated heterocycles. The Balaban J connectivity index is 2.25. The molecule has 0 fully saturated rings. The molecule has 5 heteroatoms. The molecule has 0 radical (unpaired) electrons. The molecule has 2 unspecified atom stereocenters. The number of likely N-dealkylation sites (N-methyl/N-ethyl adjacent to an activating group) is 1. The van der Waals surface area contributed by atoms with Crippen molar-refractivity contribution >= 4 is 0 Å². The van der Waals surface area contributed by atoms with E-state index in [0.29, 0.717) is 17.8 Å². The first kappa shape index (κ1) is 12.7. The molecule has 0 aromatic carbocycles. The maximum Gasteiger partial charge on any atom is 0.231 e. The van der Waals surface area contributed by atoms with Crippen LogP contribution in [0, 0.1) is 0 Å². The number of nitrogens with one attached hydrogen (secondary N) is 1. The highest BCUT2D eigenvalue weighted by Gasteiger charge is 2.23. The summed E-state index contributed by atoms with van der Waals surface area (Å²) in [5.41, 5.74) is 0.736. The maximum atomic E-state index is 5.35. The van der Waals surface area contributed by atoms with Gasteiger partial charge in [0.15, 0.2) is 0 Å². The van der Waals surface area contributed by atoms with Crippen molar-refractivity contribution in [2.45, 2.75) is 32.2 Å². The van der Waals surface area contributed by atoms with E-state index >= 15 is 0 Å². The number of rotatable bonds is 5. The Bertz CT molecular complexity index is 483. The third-order valence-corrected chi connectivity index (χ3v) is 3.15. The van der Waals surface area contributed by atoms with Gasteiger partial charge in [-0.05, 0) is 32.5 Å². The highest BCUT2D eigenvalue weighted by molar-refractivity contribution is 5.47. The first-order chi connectivity index (χ1) is 8.76. The second-order valence-electron chi connectivity index (χ2n) is 4.26. The van der Waals surface area contributed by atoms with E-state index in [1.54, 1.807) is 6.20 Å². The first-order valence-corrected chi connectivity index (χ1v) is 6.18. The standard InChI is InChI=1S/C13H18N4O/c1-4-10(9(2)14-3)13-16-12(17-18-13)11-7-5-6-8-15-11/h5-10,14H,4H2,1-3H3. The molecule has 1 N–H and O–H groups in total. The van der Waals surface area contributed by atoms with Crippen molar-refractivity contribution in [1.82, 2.24) is 20.4 Å². The Morgan fingerprint density at radius 2 is 2.22 bits per heavy atom. The lowest BCUT2D eigenvalue weighted by atomic mass is 9.98. The van der Waals surface area contributed by atoms with Crippen molar-refractivity contribution in [2.75, 3.05) is 7.05 Å². The predicted octanol–water partition coefficient (Wildman–Crippen LogP) is 2.23. The van der Waals surface area contributed by atoms with Gasteiger partial charge in [-0.3, -0.25) is 4.98 Å². The van der Waals surface area contributed by atoms with Crippen LogP contribution in [0.5, 0.6) is 0 Å². The van der Waals surface area contributed by atoms with Gasteiger partial charge >= 0.3 is 0 Å². The number of pyridine rings is 1.